The molecule has 0 saturated carbocycles. The first-order valence-corrected chi connectivity index (χ1v) is 5.49. The van der Waals surface area contributed by atoms with Crippen molar-refractivity contribution in [2.24, 2.45) is 0 Å². The number of hydrogen-bond donors (Lipinski definition) is 0. The number of pyridine rings is 1. The number of hydrogen-bond acceptors (Lipinski definition) is 2. The van der Waals surface area contributed by atoms with Gasteiger partial charge in [0.15, 0.2) is 0 Å². The molecule has 1 fully saturated rings. The molecule has 0 radical (unpaired) electrons. The molecule has 0 unspecified atom stereocenters. The van der Waals surface area contributed by atoms with Gasteiger partial charge in [0.25, 0.3) is 5.91 Å². The van der Waals surface area contributed by atoms with E-state index >= 15 is 0 Å². The summed E-state index contributed by atoms with van der Waals surface area (Å²) in [6.45, 7) is 3.72. The van der Waals surface area contributed by atoms with Crippen molar-refractivity contribution in [1.82, 2.24) is 9.88 Å². The molecule has 15 heavy (non-hydrogen) atoms. The van der Waals surface area contributed by atoms with Crippen LogP contribution < -0.4 is 0 Å². The van der Waals surface area contributed by atoms with Crippen LogP contribution in [0, 0.1) is 6.92 Å². The van der Waals surface area contributed by atoms with E-state index in [1.807, 2.05) is 24.0 Å². The molecular formula is C12H16N2O. The zero-order chi connectivity index (χ0) is 10.7. The van der Waals surface area contributed by atoms with E-state index in [1.54, 1.807) is 6.20 Å². The highest BCUT2D eigenvalue weighted by Gasteiger charge is 2.17. The summed E-state index contributed by atoms with van der Waals surface area (Å²) in [5.41, 5.74) is 1.66. The number of aryl methyl sites for hydroxylation is 1. The standard InChI is InChI=1S/C12H16N2O/c1-10-5-6-11(9-13-10)12(15)14-7-3-2-4-8-14/h5-6,9H,2-4,7-8H2,1H3. The molecule has 1 aliphatic heterocycles. The maximum absolute atomic E-state index is 12.0. The van der Waals surface area contributed by atoms with Gasteiger partial charge in [0.1, 0.15) is 0 Å². The van der Waals surface area contributed by atoms with E-state index < -0.39 is 0 Å². The third-order valence-electron chi connectivity index (χ3n) is 2.80. The summed E-state index contributed by atoms with van der Waals surface area (Å²) in [5, 5.41) is 0. The minimum atomic E-state index is 0.127. The predicted molar refractivity (Wildman–Crippen MR) is 58.7 cm³/mol. The van der Waals surface area contributed by atoms with Crippen LogP contribution in [0.15, 0.2) is 18.3 Å². The Morgan fingerprint density at radius 1 is 1.27 bits per heavy atom. The van der Waals surface area contributed by atoms with E-state index in [9.17, 15) is 4.79 Å². The number of amides is 1. The van der Waals surface area contributed by atoms with Gasteiger partial charge in [-0.05, 0) is 38.3 Å². The summed E-state index contributed by atoms with van der Waals surface area (Å²) in [6, 6.07) is 3.75. The number of nitrogens with zero attached hydrogens (tertiary/aromatic N) is 2. The molecule has 3 heteroatoms. The summed E-state index contributed by atoms with van der Waals surface area (Å²) < 4.78 is 0. The van der Waals surface area contributed by atoms with Crippen LogP contribution in [0.2, 0.25) is 0 Å². The molecule has 0 aromatic carbocycles. The van der Waals surface area contributed by atoms with Crippen molar-refractivity contribution >= 4 is 5.91 Å². The molecule has 1 amide bonds. The quantitative estimate of drug-likeness (QED) is 0.701. The highest BCUT2D eigenvalue weighted by atomic mass is 16.2. The molecule has 0 atom stereocenters. The smallest absolute Gasteiger partial charge is 0.255 e. The molecule has 0 N–H and O–H groups in total. The van der Waals surface area contributed by atoms with Crippen LogP contribution in [0.5, 0.6) is 0 Å². The molecule has 2 rings (SSSR count). The normalized spacial score (nSPS) is 16.5. The largest absolute Gasteiger partial charge is 0.339 e. The molecule has 0 spiro atoms. The fourth-order valence-corrected chi connectivity index (χ4v) is 1.87. The summed E-state index contributed by atoms with van der Waals surface area (Å²) in [4.78, 5) is 18.1. The Kier molecular flexibility index (Phi) is 2.99. The van der Waals surface area contributed by atoms with E-state index in [-0.39, 0.29) is 5.91 Å². The van der Waals surface area contributed by atoms with Gasteiger partial charge in [0, 0.05) is 25.0 Å². The lowest BCUT2D eigenvalue weighted by Gasteiger charge is -2.26. The summed E-state index contributed by atoms with van der Waals surface area (Å²) in [7, 11) is 0. The molecular weight excluding hydrogens is 188 g/mol. The van der Waals surface area contributed by atoms with Crippen LogP contribution in [0.1, 0.15) is 35.3 Å². The minimum Gasteiger partial charge on any atom is -0.339 e. The van der Waals surface area contributed by atoms with E-state index in [2.05, 4.69) is 4.98 Å². The van der Waals surface area contributed by atoms with Gasteiger partial charge in [-0.25, -0.2) is 0 Å². The third kappa shape index (κ3) is 2.35. The SMILES string of the molecule is Cc1ccc(C(=O)N2CCCCC2)cn1. The second-order valence-electron chi connectivity index (χ2n) is 4.04. The van der Waals surface area contributed by atoms with Crippen molar-refractivity contribution in [3.8, 4) is 0 Å². The maximum Gasteiger partial charge on any atom is 0.255 e. The highest BCUT2D eigenvalue weighted by molar-refractivity contribution is 5.93. The highest BCUT2D eigenvalue weighted by Crippen LogP contribution is 2.12. The van der Waals surface area contributed by atoms with Crippen LogP contribution >= 0.6 is 0 Å². The van der Waals surface area contributed by atoms with Gasteiger partial charge in [-0.1, -0.05) is 0 Å². The van der Waals surface area contributed by atoms with Crippen molar-refractivity contribution in [2.75, 3.05) is 13.1 Å². The molecule has 1 aromatic heterocycles. The average Bonchev–Trinajstić information content (AvgIpc) is 2.30. The Hall–Kier alpha value is -1.38. The molecule has 0 bridgehead atoms. The summed E-state index contributed by atoms with van der Waals surface area (Å²) >= 11 is 0. The third-order valence-corrected chi connectivity index (χ3v) is 2.80. The van der Waals surface area contributed by atoms with E-state index in [0.717, 1.165) is 31.6 Å². The Balaban J connectivity index is 2.09. The molecule has 80 valence electrons. The zero-order valence-corrected chi connectivity index (χ0v) is 9.07. The van der Waals surface area contributed by atoms with Crippen LogP contribution in [-0.2, 0) is 0 Å². The molecule has 3 nitrogen and oxygen atoms in total. The summed E-state index contributed by atoms with van der Waals surface area (Å²) in [6.07, 6.45) is 5.18. The number of aromatic nitrogens is 1. The molecule has 1 saturated heterocycles. The second-order valence-corrected chi connectivity index (χ2v) is 4.04. The van der Waals surface area contributed by atoms with Crippen LogP contribution in [0.3, 0.4) is 0 Å². The molecule has 1 aliphatic rings. The van der Waals surface area contributed by atoms with E-state index in [4.69, 9.17) is 0 Å². The Labute approximate surface area is 90.1 Å². The lowest BCUT2D eigenvalue weighted by atomic mass is 10.1. The van der Waals surface area contributed by atoms with E-state index in [0.29, 0.717) is 5.56 Å². The fraction of sp³-hybridized carbons (Fsp3) is 0.500. The zero-order valence-electron chi connectivity index (χ0n) is 9.07. The van der Waals surface area contributed by atoms with Crippen LogP contribution in [0.4, 0.5) is 0 Å². The van der Waals surface area contributed by atoms with Gasteiger partial charge in [-0.2, -0.15) is 0 Å². The number of carbonyl (C=O) groups is 1. The lowest BCUT2D eigenvalue weighted by Crippen LogP contribution is -2.35. The van der Waals surface area contributed by atoms with Crippen molar-refractivity contribution in [3.05, 3.63) is 29.6 Å². The first-order valence-electron chi connectivity index (χ1n) is 5.49. The maximum atomic E-state index is 12.0. The average molecular weight is 204 g/mol. The molecule has 1 aromatic rings. The van der Waals surface area contributed by atoms with Gasteiger partial charge < -0.3 is 4.90 Å². The van der Waals surface area contributed by atoms with E-state index in [1.165, 1.54) is 6.42 Å². The topological polar surface area (TPSA) is 33.2 Å². The Morgan fingerprint density at radius 3 is 2.60 bits per heavy atom. The second kappa shape index (κ2) is 4.43. The Bertz CT molecular complexity index is 339. The monoisotopic (exact) mass is 204 g/mol. The number of likely N-dealkylation sites (tertiary alicyclic amines) is 1. The number of piperidine rings is 1. The number of carbonyl (C=O) groups excluding carboxylic acids is 1. The lowest BCUT2D eigenvalue weighted by molar-refractivity contribution is 0.0724. The summed E-state index contributed by atoms with van der Waals surface area (Å²) in [5.74, 6) is 0.127. The predicted octanol–water partition coefficient (Wildman–Crippen LogP) is 2.02. The number of rotatable bonds is 1. The van der Waals surface area contributed by atoms with Crippen LogP contribution in [-0.4, -0.2) is 28.9 Å². The molecule has 2 heterocycles. The van der Waals surface area contributed by atoms with Gasteiger partial charge >= 0.3 is 0 Å². The first-order chi connectivity index (χ1) is 7.27. The molecule has 0 aliphatic carbocycles. The van der Waals surface area contributed by atoms with Gasteiger partial charge in [-0.3, -0.25) is 9.78 Å². The van der Waals surface area contributed by atoms with Crippen molar-refractivity contribution in [2.45, 2.75) is 26.2 Å². The van der Waals surface area contributed by atoms with Gasteiger partial charge in [0.2, 0.25) is 0 Å². The van der Waals surface area contributed by atoms with Crippen molar-refractivity contribution < 1.29 is 4.79 Å². The minimum absolute atomic E-state index is 0.127. The van der Waals surface area contributed by atoms with Gasteiger partial charge in [-0.15, -0.1) is 0 Å². The fourth-order valence-electron chi connectivity index (χ4n) is 1.87. The van der Waals surface area contributed by atoms with Crippen molar-refractivity contribution in [3.63, 3.8) is 0 Å². The van der Waals surface area contributed by atoms with Crippen molar-refractivity contribution in [1.29, 1.82) is 0 Å². The van der Waals surface area contributed by atoms with Crippen LogP contribution in [0.25, 0.3) is 0 Å². The van der Waals surface area contributed by atoms with Gasteiger partial charge in [0.05, 0.1) is 5.56 Å². The Morgan fingerprint density at radius 2 is 2.00 bits per heavy atom. The first kappa shape index (κ1) is 10.1.